The second-order valence-electron chi connectivity index (χ2n) is 4.76. The van der Waals surface area contributed by atoms with Crippen LogP contribution in [-0.2, 0) is 0 Å². The van der Waals surface area contributed by atoms with Crippen LogP contribution in [0.1, 0.15) is 6.92 Å². The average molecular weight is 255 g/mol. The van der Waals surface area contributed by atoms with Gasteiger partial charge in [-0.25, -0.2) is 0 Å². The first-order valence-electron chi connectivity index (χ1n) is 5.95. The first-order chi connectivity index (χ1) is 8.11. The topological polar surface area (TPSA) is 26.7 Å². The molecule has 17 heavy (non-hydrogen) atoms. The molecule has 1 aromatic carbocycles. The first-order valence-corrected chi connectivity index (χ1v) is 6.33. The molecule has 0 radical (unpaired) electrons. The number of rotatable bonds is 2. The molecule has 0 aliphatic carbocycles. The van der Waals surface area contributed by atoms with Gasteiger partial charge in [0.1, 0.15) is 0 Å². The summed E-state index contributed by atoms with van der Waals surface area (Å²) in [4.78, 5) is 4.53. The third-order valence-electron chi connectivity index (χ3n) is 3.50. The number of anilines is 1. The minimum atomic E-state index is 0.148. The molecule has 94 valence electrons. The Bertz CT molecular complexity index is 385. The lowest BCUT2D eigenvalue weighted by Gasteiger charge is -2.44. The normalized spacial score (nSPS) is 26.2. The van der Waals surface area contributed by atoms with E-state index in [1.54, 1.807) is 0 Å². The van der Waals surface area contributed by atoms with Crippen LogP contribution >= 0.6 is 11.6 Å². The van der Waals surface area contributed by atoms with Gasteiger partial charge in [0.15, 0.2) is 0 Å². The Labute approximate surface area is 108 Å². The fourth-order valence-corrected chi connectivity index (χ4v) is 2.50. The predicted octanol–water partition coefficient (Wildman–Crippen LogP) is 1.84. The van der Waals surface area contributed by atoms with Crippen molar-refractivity contribution in [2.24, 2.45) is 0 Å². The lowest BCUT2D eigenvalue weighted by molar-refractivity contribution is 0.155. The Morgan fingerprint density at radius 2 is 2.18 bits per heavy atom. The van der Waals surface area contributed by atoms with Gasteiger partial charge in [0.25, 0.3) is 0 Å². The molecule has 1 aliphatic rings. The Morgan fingerprint density at radius 1 is 1.41 bits per heavy atom. The minimum absolute atomic E-state index is 0.148. The van der Waals surface area contributed by atoms with Crippen molar-refractivity contribution in [2.45, 2.75) is 19.0 Å². The lowest BCUT2D eigenvalue weighted by atomic mass is 10.1. The van der Waals surface area contributed by atoms with Gasteiger partial charge >= 0.3 is 0 Å². The van der Waals surface area contributed by atoms with Crippen LogP contribution in [0.3, 0.4) is 0 Å². The fraction of sp³-hybridized carbons (Fsp3) is 0.538. The van der Waals surface area contributed by atoms with Crippen LogP contribution < -0.4 is 4.90 Å². The van der Waals surface area contributed by atoms with E-state index in [-0.39, 0.29) is 12.6 Å². The molecule has 2 unspecified atom stereocenters. The molecule has 0 spiro atoms. The minimum Gasteiger partial charge on any atom is -0.394 e. The molecule has 1 saturated heterocycles. The van der Waals surface area contributed by atoms with Crippen LogP contribution in [0.4, 0.5) is 5.69 Å². The van der Waals surface area contributed by atoms with Crippen molar-refractivity contribution in [3.63, 3.8) is 0 Å². The zero-order valence-electron chi connectivity index (χ0n) is 10.3. The maximum Gasteiger partial charge on any atom is 0.0648 e. The second-order valence-corrected chi connectivity index (χ2v) is 5.19. The Balaban J connectivity index is 2.23. The summed E-state index contributed by atoms with van der Waals surface area (Å²) in [5, 5.41) is 10.2. The summed E-state index contributed by atoms with van der Waals surface area (Å²) < 4.78 is 0. The highest BCUT2D eigenvalue weighted by molar-refractivity contribution is 6.30. The molecule has 1 aliphatic heterocycles. The summed E-state index contributed by atoms with van der Waals surface area (Å²) in [6.07, 6.45) is 0. The summed E-state index contributed by atoms with van der Waals surface area (Å²) in [5.41, 5.74) is 1.09. The second kappa shape index (κ2) is 5.25. The zero-order chi connectivity index (χ0) is 12.4. The molecule has 0 aromatic heterocycles. The quantitative estimate of drug-likeness (QED) is 0.873. The van der Waals surface area contributed by atoms with E-state index in [9.17, 15) is 5.11 Å². The van der Waals surface area contributed by atoms with Crippen molar-refractivity contribution < 1.29 is 5.11 Å². The van der Waals surface area contributed by atoms with Gasteiger partial charge < -0.3 is 10.0 Å². The van der Waals surface area contributed by atoms with E-state index in [4.69, 9.17) is 11.6 Å². The van der Waals surface area contributed by atoms with E-state index in [1.165, 1.54) is 0 Å². The molecule has 1 N–H and O–H groups in total. The van der Waals surface area contributed by atoms with Crippen molar-refractivity contribution in [3.8, 4) is 0 Å². The van der Waals surface area contributed by atoms with Crippen LogP contribution in [0.25, 0.3) is 0 Å². The molecule has 0 saturated carbocycles. The van der Waals surface area contributed by atoms with Crippen LogP contribution in [0.2, 0.25) is 5.02 Å². The number of nitrogens with zero attached hydrogens (tertiary/aromatic N) is 2. The molecule has 1 fully saturated rings. The average Bonchev–Trinajstić information content (AvgIpc) is 2.32. The van der Waals surface area contributed by atoms with Gasteiger partial charge in [0.05, 0.1) is 12.6 Å². The molecule has 4 heteroatoms. The number of piperazine rings is 1. The SMILES string of the molecule is CC1CN(c2cccc(Cl)c2)C(CO)CN1C. The summed E-state index contributed by atoms with van der Waals surface area (Å²) in [5.74, 6) is 0. The van der Waals surface area contributed by atoms with E-state index < -0.39 is 0 Å². The molecule has 1 heterocycles. The highest BCUT2D eigenvalue weighted by atomic mass is 35.5. The van der Waals surface area contributed by atoms with Gasteiger partial charge in [-0.3, -0.25) is 4.90 Å². The summed E-state index contributed by atoms with van der Waals surface area (Å²) in [6, 6.07) is 8.47. The maximum atomic E-state index is 9.49. The smallest absolute Gasteiger partial charge is 0.0648 e. The first kappa shape index (κ1) is 12.7. The number of aliphatic hydroxyl groups is 1. The number of benzene rings is 1. The van der Waals surface area contributed by atoms with Gasteiger partial charge in [-0.15, -0.1) is 0 Å². The highest BCUT2D eigenvalue weighted by Crippen LogP contribution is 2.25. The Morgan fingerprint density at radius 3 is 2.82 bits per heavy atom. The third-order valence-corrected chi connectivity index (χ3v) is 3.74. The van der Waals surface area contributed by atoms with Crippen LogP contribution in [0.5, 0.6) is 0 Å². The molecule has 1 aromatic rings. The number of aliphatic hydroxyl groups excluding tert-OH is 1. The van der Waals surface area contributed by atoms with Crippen LogP contribution in [-0.4, -0.2) is 48.8 Å². The van der Waals surface area contributed by atoms with Gasteiger partial charge in [-0.1, -0.05) is 17.7 Å². The van der Waals surface area contributed by atoms with Crippen molar-refractivity contribution >= 4 is 17.3 Å². The van der Waals surface area contributed by atoms with Crippen LogP contribution in [0.15, 0.2) is 24.3 Å². The van der Waals surface area contributed by atoms with Crippen molar-refractivity contribution in [3.05, 3.63) is 29.3 Å². The summed E-state index contributed by atoms with van der Waals surface area (Å²) >= 11 is 6.02. The molecule has 2 atom stereocenters. The number of hydrogen-bond donors (Lipinski definition) is 1. The van der Waals surface area contributed by atoms with Crippen molar-refractivity contribution in [1.82, 2.24) is 4.90 Å². The molecular weight excluding hydrogens is 236 g/mol. The van der Waals surface area contributed by atoms with Gasteiger partial charge in [-0.05, 0) is 32.2 Å². The molecule has 0 bridgehead atoms. The monoisotopic (exact) mass is 254 g/mol. The lowest BCUT2D eigenvalue weighted by Crippen LogP contribution is -2.57. The summed E-state index contributed by atoms with van der Waals surface area (Å²) in [6.45, 7) is 4.17. The fourth-order valence-electron chi connectivity index (χ4n) is 2.31. The van der Waals surface area contributed by atoms with E-state index in [2.05, 4.69) is 23.8 Å². The van der Waals surface area contributed by atoms with E-state index >= 15 is 0 Å². The van der Waals surface area contributed by atoms with Crippen LogP contribution in [0, 0.1) is 0 Å². The molecular formula is C13H19ClN2O. The Hall–Kier alpha value is -0.770. The maximum absolute atomic E-state index is 9.49. The summed E-state index contributed by atoms with van der Waals surface area (Å²) in [7, 11) is 2.10. The zero-order valence-corrected chi connectivity index (χ0v) is 11.1. The largest absolute Gasteiger partial charge is 0.394 e. The van der Waals surface area contributed by atoms with E-state index in [0.717, 1.165) is 23.8 Å². The molecule has 0 amide bonds. The standard InChI is InChI=1S/C13H19ClN2O/c1-10-7-16(13(9-17)8-15(10)2)12-5-3-4-11(14)6-12/h3-6,10,13,17H,7-9H2,1-2H3. The third kappa shape index (κ3) is 2.73. The van der Waals surface area contributed by atoms with Gasteiger partial charge in [-0.2, -0.15) is 0 Å². The van der Waals surface area contributed by atoms with Crippen molar-refractivity contribution in [1.29, 1.82) is 0 Å². The van der Waals surface area contributed by atoms with Crippen molar-refractivity contribution in [2.75, 3.05) is 31.6 Å². The predicted molar refractivity (Wildman–Crippen MR) is 71.8 cm³/mol. The van der Waals surface area contributed by atoms with Gasteiger partial charge in [0, 0.05) is 29.8 Å². The number of likely N-dealkylation sites (N-methyl/N-ethyl adjacent to an activating group) is 1. The Kier molecular flexibility index (Phi) is 3.92. The van der Waals surface area contributed by atoms with E-state index in [0.29, 0.717) is 6.04 Å². The molecule has 2 rings (SSSR count). The van der Waals surface area contributed by atoms with Gasteiger partial charge in [0.2, 0.25) is 0 Å². The number of hydrogen-bond acceptors (Lipinski definition) is 3. The van der Waals surface area contributed by atoms with E-state index in [1.807, 2.05) is 24.3 Å². The highest BCUT2D eigenvalue weighted by Gasteiger charge is 2.29. The number of halogens is 1. The molecule has 3 nitrogen and oxygen atoms in total.